The molecule has 21 heavy (non-hydrogen) atoms. The molecule has 5 nitrogen and oxygen atoms in total. The fourth-order valence-corrected chi connectivity index (χ4v) is 3.75. The zero-order valence-electron chi connectivity index (χ0n) is 11.9. The van der Waals surface area contributed by atoms with E-state index >= 15 is 0 Å². The Labute approximate surface area is 132 Å². The molecule has 0 spiro atoms. The Morgan fingerprint density at radius 2 is 2.29 bits per heavy atom. The van der Waals surface area contributed by atoms with Crippen LogP contribution in [0.5, 0.6) is 0 Å². The van der Waals surface area contributed by atoms with Gasteiger partial charge < -0.3 is 14.7 Å². The van der Waals surface area contributed by atoms with Gasteiger partial charge in [0, 0.05) is 24.6 Å². The zero-order valence-corrected chi connectivity index (χ0v) is 13.5. The van der Waals surface area contributed by atoms with Crippen molar-refractivity contribution < 1.29 is 19.4 Å². The van der Waals surface area contributed by atoms with Crippen molar-refractivity contribution in [2.45, 2.75) is 37.8 Å². The van der Waals surface area contributed by atoms with E-state index in [0.29, 0.717) is 17.3 Å². The fraction of sp³-hybridized carbons (Fsp3) is 0.571. The minimum absolute atomic E-state index is 0.0521. The van der Waals surface area contributed by atoms with Gasteiger partial charge >= 0.3 is 5.97 Å². The van der Waals surface area contributed by atoms with Crippen molar-refractivity contribution in [2.75, 3.05) is 13.7 Å². The van der Waals surface area contributed by atoms with Gasteiger partial charge in [-0.2, -0.15) is 0 Å². The van der Waals surface area contributed by atoms with Crippen LogP contribution in [0.3, 0.4) is 0 Å². The molecule has 116 valence electrons. The largest absolute Gasteiger partial charge is 0.481 e. The zero-order chi connectivity index (χ0) is 15.6. The topological polar surface area (TPSA) is 66.8 Å². The third-order valence-corrected chi connectivity index (χ3v) is 5.21. The third kappa shape index (κ3) is 3.75. The van der Waals surface area contributed by atoms with Crippen LogP contribution >= 0.6 is 22.9 Å². The maximum Gasteiger partial charge on any atom is 0.305 e. The first-order valence-electron chi connectivity index (χ1n) is 6.72. The second-order valence-corrected chi connectivity index (χ2v) is 6.95. The minimum atomic E-state index is -0.902. The van der Waals surface area contributed by atoms with Gasteiger partial charge in [0.1, 0.15) is 0 Å². The van der Waals surface area contributed by atoms with Gasteiger partial charge in [0.15, 0.2) is 0 Å². The van der Waals surface area contributed by atoms with Crippen LogP contribution < -0.4 is 0 Å². The van der Waals surface area contributed by atoms with E-state index in [1.165, 1.54) is 11.3 Å². The van der Waals surface area contributed by atoms with E-state index in [1.807, 2.05) is 13.0 Å². The molecule has 1 fully saturated rings. The molecule has 7 heteroatoms. The van der Waals surface area contributed by atoms with E-state index in [0.717, 1.165) is 4.88 Å². The Kier molecular flexibility index (Phi) is 5.24. The lowest BCUT2D eigenvalue weighted by molar-refractivity contribution is -0.140. The summed E-state index contributed by atoms with van der Waals surface area (Å²) in [6.07, 6.45) is 0.410. The molecule has 3 unspecified atom stereocenters. The second kappa shape index (κ2) is 6.77. The number of likely N-dealkylation sites (tertiary alicyclic amines) is 1. The number of hydrogen-bond acceptors (Lipinski definition) is 4. The highest BCUT2D eigenvalue weighted by Gasteiger charge is 2.38. The molecule has 1 N–H and O–H groups in total. The van der Waals surface area contributed by atoms with E-state index in [-0.39, 0.29) is 30.4 Å². The molecule has 1 amide bonds. The van der Waals surface area contributed by atoms with E-state index in [4.69, 9.17) is 21.4 Å². The quantitative estimate of drug-likeness (QED) is 0.900. The van der Waals surface area contributed by atoms with Crippen LogP contribution in [0.25, 0.3) is 0 Å². The predicted molar refractivity (Wildman–Crippen MR) is 80.9 cm³/mol. The smallest absolute Gasteiger partial charge is 0.305 e. The number of carbonyl (C=O) groups is 2. The predicted octanol–water partition coefficient (Wildman–Crippen LogP) is 2.60. The number of aliphatic carboxylic acids is 1. The summed E-state index contributed by atoms with van der Waals surface area (Å²) in [7, 11) is 1.58. The highest BCUT2D eigenvalue weighted by Crippen LogP contribution is 2.32. The Morgan fingerprint density at radius 1 is 1.57 bits per heavy atom. The highest BCUT2D eigenvalue weighted by molar-refractivity contribution is 7.16. The number of halogens is 1. The molecule has 0 aromatic carbocycles. The number of methoxy groups -OCH3 is 1. The number of carbonyl (C=O) groups excluding carboxylic acids is 1. The molecule has 0 aliphatic carbocycles. The van der Waals surface area contributed by atoms with E-state index in [2.05, 4.69) is 0 Å². The number of hydrogen-bond donors (Lipinski definition) is 1. The summed E-state index contributed by atoms with van der Waals surface area (Å²) in [5, 5.41) is 9.00. The van der Waals surface area contributed by atoms with Crippen molar-refractivity contribution in [3.05, 3.63) is 21.3 Å². The first-order chi connectivity index (χ1) is 9.92. The first kappa shape index (κ1) is 16.3. The molecular weight excluding hydrogens is 314 g/mol. The van der Waals surface area contributed by atoms with Crippen LogP contribution in [0.4, 0.5) is 0 Å². The van der Waals surface area contributed by atoms with Crippen molar-refractivity contribution in [3.8, 4) is 0 Å². The number of ether oxygens (including phenoxy) is 1. The number of carboxylic acids is 1. The number of amides is 1. The molecule has 2 rings (SSSR count). The molecule has 0 bridgehead atoms. The van der Waals surface area contributed by atoms with E-state index in [1.54, 1.807) is 18.1 Å². The fourth-order valence-electron chi connectivity index (χ4n) is 2.64. The van der Waals surface area contributed by atoms with Crippen molar-refractivity contribution in [2.24, 2.45) is 0 Å². The maximum atomic E-state index is 12.6. The van der Waals surface area contributed by atoms with Gasteiger partial charge in [-0.1, -0.05) is 11.6 Å². The Morgan fingerprint density at radius 3 is 2.81 bits per heavy atom. The number of rotatable bonds is 5. The van der Waals surface area contributed by atoms with Crippen LogP contribution in [0.15, 0.2) is 12.1 Å². The Bertz CT molecular complexity index is 533. The van der Waals surface area contributed by atoms with Gasteiger partial charge in [-0.15, -0.1) is 11.3 Å². The molecule has 2 heterocycles. The molecule has 1 aliphatic heterocycles. The number of nitrogens with zero attached hydrogens (tertiary/aromatic N) is 1. The second-order valence-electron chi connectivity index (χ2n) is 5.20. The van der Waals surface area contributed by atoms with Crippen LogP contribution in [0.2, 0.25) is 4.34 Å². The summed E-state index contributed by atoms with van der Waals surface area (Å²) >= 11 is 7.28. The van der Waals surface area contributed by atoms with Crippen LogP contribution in [0.1, 0.15) is 30.6 Å². The lowest BCUT2D eigenvalue weighted by atomic mass is 10.1. The van der Waals surface area contributed by atoms with E-state index in [9.17, 15) is 9.59 Å². The molecule has 1 aliphatic rings. The van der Waals surface area contributed by atoms with Crippen LogP contribution in [0, 0.1) is 0 Å². The molecule has 1 aromatic heterocycles. The van der Waals surface area contributed by atoms with E-state index < -0.39 is 5.97 Å². The normalized spacial score (nSPS) is 23.3. The highest BCUT2D eigenvalue weighted by atomic mass is 35.5. The Hall–Kier alpha value is -1.11. The van der Waals surface area contributed by atoms with Crippen molar-refractivity contribution in [3.63, 3.8) is 0 Å². The van der Waals surface area contributed by atoms with Crippen LogP contribution in [-0.4, -0.2) is 47.7 Å². The lowest BCUT2D eigenvalue weighted by Crippen LogP contribution is -2.39. The van der Waals surface area contributed by atoms with Gasteiger partial charge in [0.2, 0.25) is 5.91 Å². The molecule has 0 radical (unpaired) electrons. The van der Waals surface area contributed by atoms with Crippen molar-refractivity contribution in [1.29, 1.82) is 0 Å². The van der Waals surface area contributed by atoms with Crippen LogP contribution in [-0.2, 0) is 14.3 Å². The summed E-state index contributed by atoms with van der Waals surface area (Å²) in [5.41, 5.74) is 0. The average molecular weight is 332 g/mol. The number of thiophene rings is 1. The SMILES string of the molecule is COC1CC(CC(=O)O)N(C(=O)C(C)c2ccc(Cl)s2)C1. The maximum absolute atomic E-state index is 12.6. The standard InChI is InChI=1S/C14H18ClNO4S/c1-8(11-3-4-12(15)21-11)14(19)16-7-10(20-2)5-9(16)6-13(17)18/h3-4,8-10H,5-7H2,1-2H3,(H,17,18). The molecule has 3 atom stereocenters. The minimum Gasteiger partial charge on any atom is -0.481 e. The number of carboxylic acid groups (broad SMARTS) is 1. The van der Waals surface area contributed by atoms with Gasteiger partial charge in [0.25, 0.3) is 0 Å². The van der Waals surface area contributed by atoms with Gasteiger partial charge in [-0.25, -0.2) is 0 Å². The molecule has 1 aromatic rings. The monoisotopic (exact) mass is 331 g/mol. The van der Waals surface area contributed by atoms with Gasteiger partial charge in [-0.3, -0.25) is 9.59 Å². The molecule has 0 saturated carbocycles. The summed E-state index contributed by atoms with van der Waals surface area (Å²) < 4.78 is 5.93. The Balaban J connectivity index is 2.13. The molecular formula is C14H18ClNO4S. The third-order valence-electron chi connectivity index (χ3n) is 3.79. The average Bonchev–Trinajstić information content (AvgIpc) is 3.03. The summed E-state index contributed by atoms with van der Waals surface area (Å²) in [6.45, 7) is 2.26. The summed E-state index contributed by atoms with van der Waals surface area (Å²) in [4.78, 5) is 26.1. The summed E-state index contributed by atoms with van der Waals surface area (Å²) in [6, 6.07) is 3.30. The lowest BCUT2D eigenvalue weighted by Gasteiger charge is -2.26. The van der Waals surface area contributed by atoms with Crippen molar-refractivity contribution >= 4 is 34.8 Å². The van der Waals surface area contributed by atoms with Gasteiger partial charge in [0.05, 0.1) is 22.8 Å². The summed E-state index contributed by atoms with van der Waals surface area (Å²) in [5.74, 6) is -1.30. The molecule has 1 saturated heterocycles. The van der Waals surface area contributed by atoms with Crippen molar-refractivity contribution in [1.82, 2.24) is 4.90 Å². The van der Waals surface area contributed by atoms with Gasteiger partial charge in [-0.05, 0) is 25.5 Å². The first-order valence-corrected chi connectivity index (χ1v) is 7.92.